The highest BCUT2D eigenvalue weighted by Gasteiger charge is 2.38. The Morgan fingerprint density at radius 2 is 1.85 bits per heavy atom. The lowest BCUT2D eigenvalue weighted by molar-refractivity contribution is -0.138. The fourth-order valence-electron chi connectivity index (χ4n) is 1.26. The molecule has 1 aliphatic rings. The predicted octanol–water partition coefficient (Wildman–Crippen LogP) is 2.78. The standard InChI is InChI=1S/C9H7F3O/c10-9(11,12)7-4-2-1-3-6(7)8-5-13-8/h1-4,8H,5H2. The molecule has 2 rings (SSSR count). The van der Waals surface area contributed by atoms with Gasteiger partial charge < -0.3 is 4.74 Å². The van der Waals surface area contributed by atoms with Crippen LogP contribution in [0, 0.1) is 0 Å². The number of hydrogen-bond acceptors (Lipinski definition) is 1. The zero-order chi connectivity index (χ0) is 9.47. The van der Waals surface area contributed by atoms with Gasteiger partial charge in [-0.15, -0.1) is 0 Å². The lowest BCUT2D eigenvalue weighted by atomic mass is 10.0. The molecule has 0 amide bonds. The molecular weight excluding hydrogens is 181 g/mol. The van der Waals surface area contributed by atoms with Crippen LogP contribution in [0.1, 0.15) is 17.2 Å². The fraction of sp³-hybridized carbons (Fsp3) is 0.333. The minimum absolute atomic E-state index is 0.245. The molecule has 0 radical (unpaired) electrons. The third-order valence-electron chi connectivity index (χ3n) is 1.95. The fourth-order valence-corrected chi connectivity index (χ4v) is 1.26. The monoisotopic (exact) mass is 188 g/mol. The molecule has 1 heterocycles. The number of halogens is 3. The third-order valence-corrected chi connectivity index (χ3v) is 1.95. The first-order chi connectivity index (χ1) is 6.09. The summed E-state index contributed by atoms with van der Waals surface area (Å²) in [6, 6.07) is 5.51. The summed E-state index contributed by atoms with van der Waals surface area (Å²) < 4.78 is 42.0. The molecule has 0 saturated carbocycles. The van der Waals surface area contributed by atoms with Gasteiger partial charge in [-0.3, -0.25) is 0 Å². The Labute approximate surface area is 73.1 Å². The lowest BCUT2D eigenvalue weighted by Gasteiger charge is -2.10. The van der Waals surface area contributed by atoms with E-state index in [9.17, 15) is 13.2 Å². The molecule has 1 nitrogen and oxygen atoms in total. The van der Waals surface area contributed by atoms with Crippen molar-refractivity contribution in [3.63, 3.8) is 0 Å². The van der Waals surface area contributed by atoms with Gasteiger partial charge in [0.1, 0.15) is 6.10 Å². The first-order valence-corrected chi connectivity index (χ1v) is 3.87. The van der Waals surface area contributed by atoms with Crippen LogP contribution in [0.2, 0.25) is 0 Å². The minimum Gasteiger partial charge on any atom is -0.368 e. The zero-order valence-corrected chi connectivity index (χ0v) is 6.64. The van der Waals surface area contributed by atoms with Gasteiger partial charge in [0.25, 0.3) is 0 Å². The van der Waals surface area contributed by atoms with E-state index in [1.165, 1.54) is 12.1 Å². The third kappa shape index (κ3) is 1.67. The molecule has 13 heavy (non-hydrogen) atoms. The van der Waals surface area contributed by atoms with Gasteiger partial charge in [0.05, 0.1) is 12.2 Å². The molecule has 0 bridgehead atoms. The molecule has 0 aromatic heterocycles. The second-order valence-corrected chi connectivity index (χ2v) is 2.91. The van der Waals surface area contributed by atoms with Gasteiger partial charge in [0.2, 0.25) is 0 Å². The number of rotatable bonds is 1. The molecule has 1 aromatic carbocycles. The first kappa shape index (κ1) is 8.56. The molecule has 1 atom stereocenters. The molecule has 0 N–H and O–H groups in total. The molecule has 1 saturated heterocycles. The molecule has 0 aliphatic carbocycles. The van der Waals surface area contributed by atoms with E-state index >= 15 is 0 Å². The highest BCUT2D eigenvalue weighted by atomic mass is 19.4. The number of alkyl halides is 3. The van der Waals surface area contributed by atoms with Crippen LogP contribution >= 0.6 is 0 Å². The Bertz CT molecular complexity index is 315. The van der Waals surface area contributed by atoms with E-state index in [2.05, 4.69) is 0 Å². The Kier molecular flexibility index (Phi) is 1.80. The topological polar surface area (TPSA) is 12.5 Å². The molecule has 1 unspecified atom stereocenters. The Morgan fingerprint density at radius 3 is 2.38 bits per heavy atom. The van der Waals surface area contributed by atoms with Crippen LogP contribution < -0.4 is 0 Å². The van der Waals surface area contributed by atoms with E-state index in [-0.39, 0.29) is 11.7 Å². The van der Waals surface area contributed by atoms with Gasteiger partial charge >= 0.3 is 6.18 Å². The maximum Gasteiger partial charge on any atom is 0.416 e. The van der Waals surface area contributed by atoms with Crippen LogP contribution in [0.3, 0.4) is 0 Å². The van der Waals surface area contributed by atoms with Gasteiger partial charge in [0, 0.05) is 0 Å². The molecule has 1 fully saturated rings. The van der Waals surface area contributed by atoms with Gasteiger partial charge in [-0.05, 0) is 11.6 Å². The van der Waals surface area contributed by atoms with Gasteiger partial charge in [-0.2, -0.15) is 13.2 Å². The van der Waals surface area contributed by atoms with Crippen molar-refractivity contribution >= 4 is 0 Å². The summed E-state index contributed by atoms with van der Waals surface area (Å²) in [5, 5.41) is 0. The van der Waals surface area contributed by atoms with Gasteiger partial charge in [-0.25, -0.2) is 0 Å². The summed E-state index contributed by atoms with van der Waals surface area (Å²) in [7, 11) is 0. The van der Waals surface area contributed by atoms with Crippen LogP contribution in [-0.2, 0) is 10.9 Å². The van der Waals surface area contributed by atoms with Crippen molar-refractivity contribution in [1.82, 2.24) is 0 Å². The van der Waals surface area contributed by atoms with E-state index in [0.29, 0.717) is 6.61 Å². The summed E-state index contributed by atoms with van der Waals surface area (Å²) in [5.41, 5.74) is -0.340. The average Bonchev–Trinajstić information content (AvgIpc) is 2.85. The van der Waals surface area contributed by atoms with Crippen LogP contribution in [-0.4, -0.2) is 6.61 Å². The van der Waals surface area contributed by atoms with Crippen LogP contribution in [0.4, 0.5) is 13.2 Å². The average molecular weight is 188 g/mol. The zero-order valence-electron chi connectivity index (χ0n) is 6.64. The van der Waals surface area contributed by atoms with Crippen LogP contribution in [0.5, 0.6) is 0 Å². The summed E-state index contributed by atoms with van der Waals surface area (Å²) in [6.45, 7) is 0.396. The normalized spacial score (nSPS) is 21.6. The second kappa shape index (κ2) is 2.73. The van der Waals surface area contributed by atoms with Crippen molar-refractivity contribution in [3.8, 4) is 0 Å². The smallest absolute Gasteiger partial charge is 0.368 e. The van der Waals surface area contributed by atoms with E-state index in [1.54, 1.807) is 6.07 Å². The maximum atomic E-state index is 12.4. The maximum absolute atomic E-state index is 12.4. The van der Waals surface area contributed by atoms with E-state index in [1.807, 2.05) is 0 Å². The van der Waals surface area contributed by atoms with Crippen molar-refractivity contribution in [2.75, 3.05) is 6.61 Å². The van der Waals surface area contributed by atoms with E-state index in [4.69, 9.17) is 4.74 Å². The van der Waals surface area contributed by atoms with Crippen molar-refractivity contribution in [2.24, 2.45) is 0 Å². The van der Waals surface area contributed by atoms with Gasteiger partial charge in [0.15, 0.2) is 0 Å². The second-order valence-electron chi connectivity index (χ2n) is 2.91. The molecular formula is C9H7F3O. The summed E-state index contributed by atoms with van der Waals surface area (Å²) >= 11 is 0. The molecule has 70 valence electrons. The quantitative estimate of drug-likeness (QED) is 0.617. The summed E-state index contributed by atoms with van der Waals surface area (Å²) in [5.74, 6) is 0. The molecule has 1 aromatic rings. The number of ether oxygens (including phenoxy) is 1. The van der Waals surface area contributed by atoms with Crippen molar-refractivity contribution < 1.29 is 17.9 Å². The summed E-state index contributed by atoms with van der Waals surface area (Å²) in [6.07, 6.45) is -4.62. The number of hydrogen-bond donors (Lipinski definition) is 0. The van der Waals surface area contributed by atoms with Crippen LogP contribution in [0.25, 0.3) is 0 Å². The van der Waals surface area contributed by atoms with Crippen molar-refractivity contribution in [1.29, 1.82) is 0 Å². The Morgan fingerprint density at radius 1 is 1.23 bits per heavy atom. The van der Waals surface area contributed by atoms with E-state index in [0.717, 1.165) is 6.07 Å². The SMILES string of the molecule is FC(F)(F)c1ccccc1C1CO1. The van der Waals surface area contributed by atoms with Gasteiger partial charge in [-0.1, -0.05) is 18.2 Å². The highest BCUT2D eigenvalue weighted by Crippen LogP contribution is 2.39. The Balaban J connectivity index is 2.43. The molecule has 1 aliphatic heterocycles. The van der Waals surface area contributed by atoms with Crippen molar-refractivity contribution in [2.45, 2.75) is 12.3 Å². The molecule has 0 spiro atoms. The highest BCUT2D eigenvalue weighted by molar-refractivity contribution is 5.33. The number of benzene rings is 1. The molecule has 4 heteroatoms. The Hall–Kier alpha value is -1.03. The van der Waals surface area contributed by atoms with Crippen LogP contribution in [0.15, 0.2) is 24.3 Å². The minimum atomic E-state index is -4.28. The van der Waals surface area contributed by atoms with Crippen molar-refractivity contribution in [3.05, 3.63) is 35.4 Å². The predicted molar refractivity (Wildman–Crippen MR) is 40.1 cm³/mol. The summed E-state index contributed by atoms with van der Waals surface area (Å²) in [4.78, 5) is 0. The number of epoxide rings is 1. The lowest BCUT2D eigenvalue weighted by Crippen LogP contribution is -2.08. The van der Waals surface area contributed by atoms with E-state index < -0.39 is 11.7 Å². The largest absolute Gasteiger partial charge is 0.416 e. The first-order valence-electron chi connectivity index (χ1n) is 3.87.